The summed E-state index contributed by atoms with van der Waals surface area (Å²) in [7, 11) is 1.87. The molecule has 1 aromatic carbocycles. The average Bonchev–Trinajstić information content (AvgIpc) is 2.45. The molecule has 5 nitrogen and oxygen atoms in total. The SMILES string of the molecule is CCN(CCN(C)c1cc(Cl)ccc1C#N)C(=O)OC(C)(C)C. The Kier molecular flexibility index (Phi) is 6.71. The third-order valence-electron chi connectivity index (χ3n) is 3.23. The van der Waals surface area contributed by atoms with Gasteiger partial charge in [0.15, 0.2) is 0 Å². The molecule has 0 atom stereocenters. The average molecular weight is 338 g/mol. The van der Waals surface area contributed by atoms with Crippen molar-refractivity contribution < 1.29 is 9.53 Å². The zero-order valence-corrected chi connectivity index (χ0v) is 15.1. The van der Waals surface area contributed by atoms with Crippen LogP contribution in [0.15, 0.2) is 18.2 Å². The smallest absolute Gasteiger partial charge is 0.410 e. The van der Waals surface area contributed by atoms with E-state index >= 15 is 0 Å². The van der Waals surface area contributed by atoms with Crippen molar-refractivity contribution in [3.8, 4) is 6.07 Å². The molecule has 0 aromatic heterocycles. The molecule has 0 bridgehead atoms. The first-order valence-corrected chi connectivity index (χ1v) is 7.94. The molecule has 0 spiro atoms. The summed E-state index contributed by atoms with van der Waals surface area (Å²) >= 11 is 6.01. The van der Waals surface area contributed by atoms with Gasteiger partial charge in [0, 0.05) is 31.7 Å². The van der Waals surface area contributed by atoms with Crippen molar-refractivity contribution in [2.45, 2.75) is 33.3 Å². The first-order chi connectivity index (χ1) is 10.7. The van der Waals surface area contributed by atoms with E-state index in [0.29, 0.717) is 30.2 Å². The Bertz CT molecular complexity index is 590. The van der Waals surface area contributed by atoms with E-state index < -0.39 is 5.60 Å². The van der Waals surface area contributed by atoms with Crippen LogP contribution in [0.3, 0.4) is 0 Å². The van der Waals surface area contributed by atoms with Gasteiger partial charge in [0.25, 0.3) is 0 Å². The van der Waals surface area contributed by atoms with Gasteiger partial charge >= 0.3 is 6.09 Å². The van der Waals surface area contributed by atoms with Gasteiger partial charge in [-0.3, -0.25) is 0 Å². The highest BCUT2D eigenvalue weighted by Crippen LogP contribution is 2.23. The minimum atomic E-state index is -0.517. The van der Waals surface area contributed by atoms with Crippen LogP contribution in [0, 0.1) is 11.3 Å². The molecule has 1 amide bonds. The molecular formula is C17H24ClN3O2. The number of nitriles is 1. The lowest BCUT2D eigenvalue weighted by atomic mass is 10.2. The molecule has 0 saturated carbocycles. The molecule has 0 unspecified atom stereocenters. The largest absolute Gasteiger partial charge is 0.444 e. The van der Waals surface area contributed by atoms with E-state index in [1.165, 1.54) is 0 Å². The molecule has 1 aromatic rings. The summed E-state index contributed by atoms with van der Waals surface area (Å²) in [5, 5.41) is 9.77. The number of halogens is 1. The topological polar surface area (TPSA) is 56.6 Å². The number of anilines is 1. The van der Waals surface area contributed by atoms with E-state index in [4.69, 9.17) is 16.3 Å². The van der Waals surface area contributed by atoms with Crippen LogP contribution in [0.4, 0.5) is 10.5 Å². The summed E-state index contributed by atoms with van der Waals surface area (Å²) in [6.45, 7) is 9.07. The summed E-state index contributed by atoms with van der Waals surface area (Å²) in [4.78, 5) is 15.7. The van der Waals surface area contributed by atoms with Crippen LogP contribution in [0.25, 0.3) is 0 Å². The van der Waals surface area contributed by atoms with Gasteiger partial charge in [0.1, 0.15) is 11.7 Å². The van der Waals surface area contributed by atoms with Crippen molar-refractivity contribution in [1.29, 1.82) is 5.26 Å². The fraction of sp³-hybridized carbons (Fsp3) is 0.529. The van der Waals surface area contributed by atoms with Crippen LogP contribution in [-0.2, 0) is 4.74 Å². The van der Waals surface area contributed by atoms with Gasteiger partial charge in [0.2, 0.25) is 0 Å². The summed E-state index contributed by atoms with van der Waals surface area (Å²) in [5.41, 5.74) is 0.787. The zero-order chi connectivity index (χ0) is 17.6. The second kappa shape index (κ2) is 8.07. The van der Waals surface area contributed by atoms with Crippen molar-refractivity contribution in [2.75, 3.05) is 31.6 Å². The predicted octanol–water partition coefficient (Wildman–Crippen LogP) is 3.90. The number of nitrogens with zero attached hydrogens (tertiary/aromatic N) is 3. The third kappa shape index (κ3) is 5.99. The molecule has 1 rings (SSSR count). The third-order valence-corrected chi connectivity index (χ3v) is 3.47. The lowest BCUT2D eigenvalue weighted by Crippen LogP contribution is -2.40. The van der Waals surface area contributed by atoms with Crippen LogP contribution < -0.4 is 4.90 Å². The number of benzene rings is 1. The molecule has 0 aliphatic heterocycles. The maximum atomic E-state index is 12.1. The number of carbonyl (C=O) groups excluding carboxylic acids is 1. The van der Waals surface area contributed by atoms with Gasteiger partial charge in [0.05, 0.1) is 11.3 Å². The number of ether oxygens (including phenoxy) is 1. The number of rotatable bonds is 5. The van der Waals surface area contributed by atoms with Crippen molar-refractivity contribution in [3.05, 3.63) is 28.8 Å². The van der Waals surface area contributed by atoms with E-state index in [2.05, 4.69) is 6.07 Å². The Morgan fingerprint density at radius 2 is 2.00 bits per heavy atom. The molecule has 0 saturated heterocycles. The molecule has 126 valence electrons. The lowest BCUT2D eigenvalue weighted by molar-refractivity contribution is 0.0265. The Hall–Kier alpha value is -1.93. The summed E-state index contributed by atoms with van der Waals surface area (Å²) in [5.74, 6) is 0. The molecule has 6 heteroatoms. The van der Waals surface area contributed by atoms with Crippen LogP contribution in [0.2, 0.25) is 5.02 Å². The Morgan fingerprint density at radius 1 is 1.35 bits per heavy atom. The number of hydrogen-bond donors (Lipinski definition) is 0. The molecule has 0 heterocycles. The molecule has 0 fully saturated rings. The highest BCUT2D eigenvalue weighted by Gasteiger charge is 2.21. The van der Waals surface area contributed by atoms with Gasteiger partial charge in [-0.25, -0.2) is 4.79 Å². The predicted molar refractivity (Wildman–Crippen MR) is 92.9 cm³/mol. The summed E-state index contributed by atoms with van der Waals surface area (Å²) in [6, 6.07) is 7.29. The standard InChI is InChI=1S/C17H24ClN3O2/c1-6-21(16(22)23-17(2,3)4)10-9-20(5)15-11-14(18)8-7-13(15)12-19/h7-8,11H,6,9-10H2,1-5H3. The number of amides is 1. The monoisotopic (exact) mass is 337 g/mol. The first kappa shape index (κ1) is 19.1. The van der Waals surface area contributed by atoms with E-state index in [1.54, 1.807) is 23.1 Å². The second-order valence-corrected chi connectivity index (χ2v) is 6.69. The van der Waals surface area contributed by atoms with Crippen molar-refractivity contribution >= 4 is 23.4 Å². The maximum absolute atomic E-state index is 12.1. The first-order valence-electron chi connectivity index (χ1n) is 7.56. The minimum Gasteiger partial charge on any atom is -0.444 e. The molecule has 0 N–H and O–H groups in total. The normalized spacial score (nSPS) is 10.8. The molecule has 0 aliphatic carbocycles. The molecular weight excluding hydrogens is 314 g/mol. The quantitative estimate of drug-likeness (QED) is 0.817. The van der Waals surface area contributed by atoms with E-state index in [9.17, 15) is 10.1 Å². The Morgan fingerprint density at radius 3 is 2.52 bits per heavy atom. The van der Waals surface area contributed by atoms with Gasteiger partial charge in [-0.05, 0) is 45.9 Å². The van der Waals surface area contributed by atoms with Crippen LogP contribution in [-0.4, -0.2) is 43.3 Å². The van der Waals surface area contributed by atoms with Gasteiger partial charge in [-0.2, -0.15) is 5.26 Å². The van der Waals surface area contributed by atoms with E-state index in [-0.39, 0.29) is 6.09 Å². The van der Waals surface area contributed by atoms with Crippen molar-refractivity contribution in [1.82, 2.24) is 4.90 Å². The van der Waals surface area contributed by atoms with E-state index in [1.807, 2.05) is 39.6 Å². The lowest BCUT2D eigenvalue weighted by Gasteiger charge is -2.29. The molecule has 0 aliphatic rings. The van der Waals surface area contributed by atoms with Crippen molar-refractivity contribution in [3.63, 3.8) is 0 Å². The fourth-order valence-corrected chi connectivity index (χ4v) is 2.18. The highest BCUT2D eigenvalue weighted by atomic mass is 35.5. The zero-order valence-electron chi connectivity index (χ0n) is 14.4. The van der Waals surface area contributed by atoms with Gasteiger partial charge in [-0.15, -0.1) is 0 Å². The maximum Gasteiger partial charge on any atom is 0.410 e. The highest BCUT2D eigenvalue weighted by molar-refractivity contribution is 6.30. The fourth-order valence-electron chi connectivity index (χ4n) is 2.01. The van der Waals surface area contributed by atoms with Crippen molar-refractivity contribution in [2.24, 2.45) is 0 Å². The minimum absolute atomic E-state index is 0.333. The van der Waals surface area contributed by atoms with Crippen LogP contribution >= 0.6 is 11.6 Å². The Balaban J connectivity index is 2.74. The molecule has 0 radical (unpaired) electrons. The Labute approximate surface area is 143 Å². The van der Waals surface area contributed by atoms with Crippen LogP contribution in [0.1, 0.15) is 33.3 Å². The summed E-state index contributed by atoms with van der Waals surface area (Å²) in [6.07, 6.45) is -0.333. The van der Waals surface area contributed by atoms with Gasteiger partial charge in [-0.1, -0.05) is 11.6 Å². The number of carbonyl (C=O) groups is 1. The van der Waals surface area contributed by atoms with Gasteiger partial charge < -0.3 is 14.5 Å². The summed E-state index contributed by atoms with van der Waals surface area (Å²) < 4.78 is 5.39. The number of hydrogen-bond acceptors (Lipinski definition) is 4. The second-order valence-electron chi connectivity index (χ2n) is 6.25. The van der Waals surface area contributed by atoms with Crippen LogP contribution in [0.5, 0.6) is 0 Å². The van der Waals surface area contributed by atoms with E-state index in [0.717, 1.165) is 5.69 Å². The molecule has 23 heavy (non-hydrogen) atoms. The number of likely N-dealkylation sites (N-methyl/N-ethyl adjacent to an activating group) is 2.